The van der Waals surface area contributed by atoms with E-state index in [9.17, 15) is 5.11 Å². The largest absolute Gasteiger partial charge is 0.495 e. The van der Waals surface area contributed by atoms with Gasteiger partial charge >= 0.3 is 0 Å². The van der Waals surface area contributed by atoms with Crippen molar-refractivity contribution in [3.8, 4) is 5.75 Å². The van der Waals surface area contributed by atoms with Gasteiger partial charge in [0.05, 0.1) is 18.9 Å². The summed E-state index contributed by atoms with van der Waals surface area (Å²) in [6.45, 7) is 2.42. The fraction of sp³-hybridized carbons (Fsp3) is 0.250. The molecule has 3 nitrogen and oxygen atoms in total. The van der Waals surface area contributed by atoms with Crippen LogP contribution in [0, 0.1) is 6.92 Å². The monoisotopic (exact) mass is 291 g/mol. The Labute approximate surface area is 124 Å². The second kappa shape index (κ2) is 6.64. The van der Waals surface area contributed by atoms with Crippen molar-refractivity contribution in [2.24, 2.45) is 0 Å². The van der Waals surface area contributed by atoms with Gasteiger partial charge in [0, 0.05) is 11.6 Å². The Hall–Kier alpha value is -1.71. The number of halogens is 1. The molecule has 0 saturated carbocycles. The summed E-state index contributed by atoms with van der Waals surface area (Å²) in [6, 6.07) is 13.1. The molecule has 20 heavy (non-hydrogen) atoms. The van der Waals surface area contributed by atoms with Crippen LogP contribution in [-0.2, 0) is 0 Å². The predicted octanol–water partition coefficient (Wildman–Crippen LogP) is 3.80. The van der Waals surface area contributed by atoms with Crippen molar-refractivity contribution in [3.05, 3.63) is 58.6 Å². The highest BCUT2D eigenvalue weighted by Crippen LogP contribution is 2.26. The van der Waals surface area contributed by atoms with Gasteiger partial charge in [-0.05, 0) is 42.3 Å². The zero-order chi connectivity index (χ0) is 14.5. The SMILES string of the molecule is COc1ccc(C)cc1NCC(O)c1ccc(Cl)cc1. The van der Waals surface area contributed by atoms with Crippen molar-refractivity contribution in [2.45, 2.75) is 13.0 Å². The topological polar surface area (TPSA) is 41.5 Å². The van der Waals surface area contributed by atoms with Crippen molar-refractivity contribution in [3.63, 3.8) is 0 Å². The van der Waals surface area contributed by atoms with Crippen LogP contribution in [0.3, 0.4) is 0 Å². The van der Waals surface area contributed by atoms with Crippen LogP contribution >= 0.6 is 11.6 Å². The lowest BCUT2D eigenvalue weighted by Crippen LogP contribution is -2.12. The molecule has 0 spiro atoms. The highest BCUT2D eigenvalue weighted by atomic mass is 35.5. The van der Waals surface area contributed by atoms with Crippen molar-refractivity contribution in [1.82, 2.24) is 0 Å². The van der Waals surface area contributed by atoms with Gasteiger partial charge in [-0.2, -0.15) is 0 Å². The number of rotatable bonds is 5. The van der Waals surface area contributed by atoms with Gasteiger partial charge < -0.3 is 15.2 Å². The van der Waals surface area contributed by atoms with Gasteiger partial charge in [0.15, 0.2) is 0 Å². The van der Waals surface area contributed by atoms with Crippen LogP contribution < -0.4 is 10.1 Å². The highest BCUT2D eigenvalue weighted by Gasteiger charge is 2.09. The van der Waals surface area contributed by atoms with Gasteiger partial charge in [-0.25, -0.2) is 0 Å². The lowest BCUT2D eigenvalue weighted by atomic mass is 10.1. The molecule has 0 fully saturated rings. The van der Waals surface area contributed by atoms with Gasteiger partial charge in [0.2, 0.25) is 0 Å². The van der Waals surface area contributed by atoms with Crippen LogP contribution in [0.15, 0.2) is 42.5 Å². The third kappa shape index (κ3) is 3.65. The lowest BCUT2D eigenvalue weighted by Gasteiger charge is -2.16. The molecule has 2 aromatic carbocycles. The number of hydrogen-bond donors (Lipinski definition) is 2. The first kappa shape index (κ1) is 14.7. The Balaban J connectivity index is 2.04. The number of aliphatic hydroxyl groups is 1. The van der Waals surface area contributed by atoms with E-state index in [-0.39, 0.29) is 0 Å². The average Bonchev–Trinajstić information content (AvgIpc) is 2.45. The zero-order valence-corrected chi connectivity index (χ0v) is 12.3. The number of aliphatic hydroxyl groups excluding tert-OH is 1. The standard InChI is InChI=1S/C16H18ClNO2/c1-11-3-8-16(20-2)14(9-11)18-10-15(19)12-4-6-13(17)7-5-12/h3-9,15,18-19H,10H2,1-2H3. The van der Waals surface area contributed by atoms with Gasteiger partial charge in [0.25, 0.3) is 0 Å². The molecule has 0 saturated heterocycles. The number of hydrogen-bond acceptors (Lipinski definition) is 3. The molecule has 2 aromatic rings. The molecule has 106 valence electrons. The third-order valence-electron chi connectivity index (χ3n) is 3.10. The number of anilines is 1. The molecule has 1 unspecified atom stereocenters. The van der Waals surface area contributed by atoms with Crippen LogP contribution in [0.25, 0.3) is 0 Å². The molecule has 0 amide bonds. The van der Waals surface area contributed by atoms with Crippen molar-refractivity contribution in [1.29, 1.82) is 0 Å². The van der Waals surface area contributed by atoms with Crippen LogP contribution in [0.1, 0.15) is 17.2 Å². The Morgan fingerprint density at radius 2 is 1.90 bits per heavy atom. The van der Waals surface area contributed by atoms with Gasteiger partial charge in [-0.15, -0.1) is 0 Å². The summed E-state index contributed by atoms with van der Waals surface area (Å²) in [4.78, 5) is 0. The quantitative estimate of drug-likeness (QED) is 0.880. The maximum atomic E-state index is 10.2. The minimum atomic E-state index is -0.600. The number of ether oxygens (including phenoxy) is 1. The van der Waals surface area contributed by atoms with E-state index in [0.717, 1.165) is 22.6 Å². The molecule has 0 aliphatic rings. The summed E-state index contributed by atoms with van der Waals surface area (Å²) in [5, 5.41) is 14.0. The van der Waals surface area contributed by atoms with Crippen molar-refractivity contribution < 1.29 is 9.84 Å². The van der Waals surface area contributed by atoms with Crippen LogP contribution in [0.5, 0.6) is 5.75 Å². The molecular weight excluding hydrogens is 274 g/mol. The van der Waals surface area contributed by atoms with E-state index in [2.05, 4.69) is 5.32 Å². The van der Waals surface area contributed by atoms with E-state index in [0.29, 0.717) is 11.6 Å². The fourth-order valence-corrected chi connectivity index (χ4v) is 2.10. The van der Waals surface area contributed by atoms with Crippen LogP contribution in [-0.4, -0.2) is 18.8 Å². The molecule has 0 aliphatic heterocycles. The van der Waals surface area contributed by atoms with E-state index in [4.69, 9.17) is 16.3 Å². The minimum absolute atomic E-state index is 0.404. The average molecular weight is 292 g/mol. The molecule has 2 rings (SSSR count). The van der Waals surface area contributed by atoms with E-state index in [1.54, 1.807) is 19.2 Å². The molecule has 0 bridgehead atoms. The molecule has 4 heteroatoms. The second-order valence-corrected chi connectivity index (χ2v) is 5.09. The van der Waals surface area contributed by atoms with Crippen LogP contribution in [0.4, 0.5) is 5.69 Å². The summed E-state index contributed by atoms with van der Waals surface area (Å²) in [5.74, 6) is 0.763. The molecular formula is C16H18ClNO2. The van der Waals surface area contributed by atoms with E-state index in [1.165, 1.54) is 0 Å². The fourth-order valence-electron chi connectivity index (χ4n) is 1.97. The molecule has 2 N–H and O–H groups in total. The highest BCUT2D eigenvalue weighted by molar-refractivity contribution is 6.30. The van der Waals surface area contributed by atoms with Gasteiger partial charge in [-0.3, -0.25) is 0 Å². The maximum Gasteiger partial charge on any atom is 0.141 e. The van der Waals surface area contributed by atoms with Crippen molar-refractivity contribution >= 4 is 17.3 Å². The molecule has 1 atom stereocenters. The number of methoxy groups -OCH3 is 1. The summed E-state index contributed by atoms with van der Waals surface area (Å²) >= 11 is 5.83. The smallest absolute Gasteiger partial charge is 0.141 e. The summed E-state index contributed by atoms with van der Waals surface area (Å²) < 4.78 is 5.29. The third-order valence-corrected chi connectivity index (χ3v) is 3.35. The first-order valence-corrected chi connectivity index (χ1v) is 6.80. The maximum absolute atomic E-state index is 10.2. The van der Waals surface area contributed by atoms with Gasteiger partial charge in [-0.1, -0.05) is 29.8 Å². The first-order valence-electron chi connectivity index (χ1n) is 6.42. The van der Waals surface area contributed by atoms with Crippen molar-refractivity contribution in [2.75, 3.05) is 19.0 Å². The molecule has 0 radical (unpaired) electrons. The Morgan fingerprint density at radius 1 is 1.20 bits per heavy atom. The Morgan fingerprint density at radius 3 is 2.55 bits per heavy atom. The molecule has 0 aromatic heterocycles. The number of aryl methyl sites for hydroxylation is 1. The van der Waals surface area contributed by atoms with E-state index in [1.807, 2.05) is 37.3 Å². The lowest BCUT2D eigenvalue weighted by molar-refractivity contribution is 0.191. The minimum Gasteiger partial charge on any atom is -0.495 e. The van der Waals surface area contributed by atoms with Crippen LogP contribution in [0.2, 0.25) is 5.02 Å². The van der Waals surface area contributed by atoms with E-state index < -0.39 is 6.10 Å². The second-order valence-electron chi connectivity index (χ2n) is 4.65. The summed E-state index contributed by atoms with van der Waals surface area (Å²) in [5.41, 5.74) is 2.84. The Bertz CT molecular complexity index is 569. The van der Waals surface area contributed by atoms with Gasteiger partial charge in [0.1, 0.15) is 5.75 Å². The zero-order valence-electron chi connectivity index (χ0n) is 11.6. The molecule has 0 heterocycles. The Kier molecular flexibility index (Phi) is 4.88. The van der Waals surface area contributed by atoms with E-state index >= 15 is 0 Å². The summed E-state index contributed by atoms with van der Waals surface area (Å²) in [6.07, 6.45) is -0.600. The normalized spacial score (nSPS) is 12.0. The number of nitrogens with one attached hydrogen (secondary N) is 1. The first-order chi connectivity index (χ1) is 9.60. The number of benzene rings is 2. The molecule has 0 aliphatic carbocycles. The summed E-state index contributed by atoms with van der Waals surface area (Å²) in [7, 11) is 1.63. The predicted molar refractivity (Wildman–Crippen MR) is 82.6 cm³/mol.